The molecule has 0 saturated heterocycles. The molecule has 0 aliphatic rings. The first-order valence-electron chi connectivity index (χ1n) is 6.67. The Kier molecular flexibility index (Phi) is 4.54. The van der Waals surface area contributed by atoms with Crippen molar-refractivity contribution in [2.45, 2.75) is 24.6 Å². The molecule has 0 atom stereocenters. The van der Waals surface area contributed by atoms with Crippen molar-refractivity contribution in [2.75, 3.05) is 5.75 Å². The van der Waals surface area contributed by atoms with Crippen LogP contribution in [-0.4, -0.2) is 28.8 Å². The molecule has 0 aliphatic carbocycles. The number of sulfone groups is 1. The lowest BCUT2D eigenvalue weighted by Crippen LogP contribution is -2.11. The summed E-state index contributed by atoms with van der Waals surface area (Å²) in [4.78, 5) is 3.59. The SMILES string of the molecule is CCS(=O)(=O)c1cc(C(F)(F)F)ccc1-c1ncc(CO)n1C. The molecule has 1 aromatic heterocycles. The second-order valence-electron chi connectivity index (χ2n) is 4.90. The zero-order valence-corrected chi connectivity index (χ0v) is 13.2. The molecule has 0 amide bonds. The van der Waals surface area contributed by atoms with Crippen LogP contribution in [0.2, 0.25) is 0 Å². The number of benzene rings is 1. The van der Waals surface area contributed by atoms with Crippen molar-refractivity contribution >= 4 is 9.84 Å². The van der Waals surface area contributed by atoms with Gasteiger partial charge in [0.15, 0.2) is 9.84 Å². The fraction of sp³-hybridized carbons (Fsp3) is 0.357. The van der Waals surface area contributed by atoms with Gasteiger partial charge in [-0.25, -0.2) is 13.4 Å². The normalized spacial score (nSPS) is 12.6. The van der Waals surface area contributed by atoms with E-state index in [1.165, 1.54) is 17.7 Å². The van der Waals surface area contributed by atoms with Crippen LogP contribution in [0, 0.1) is 0 Å². The first kappa shape index (κ1) is 17.5. The Labute approximate surface area is 131 Å². The molecule has 1 N–H and O–H groups in total. The Morgan fingerprint density at radius 2 is 1.96 bits per heavy atom. The van der Waals surface area contributed by atoms with Gasteiger partial charge in [0.05, 0.1) is 34.7 Å². The number of hydrogen-bond acceptors (Lipinski definition) is 4. The number of aliphatic hydroxyl groups excluding tert-OH is 1. The van der Waals surface area contributed by atoms with Crippen molar-refractivity contribution in [2.24, 2.45) is 7.05 Å². The minimum Gasteiger partial charge on any atom is -0.390 e. The maximum Gasteiger partial charge on any atom is 0.416 e. The first-order chi connectivity index (χ1) is 10.6. The maximum absolute atomic E-state index is 12.9. The molecule has 0 saturated carbocycles. The molecule has 0 bridgehead atoms. The van der Waals surface area contributed by atoms with Crippen molar-refractivity contribution in [3.63, 3.8) is 0 Å². The van der Waals surface area contributed by atoms with E-state index in [4.69, 9.17) is 0 Å². The molecule has 0 unspecified atom stereocenters. The Bertz CT molecular complexity index is 826. The standard InChI is InChI=1S/C14H15F3N2O3S/c1-3-23(21,22)12-6-9(14(15,16)17)4-5-11(12)13-18-7-10(8-20)19(13)2/h4-7,20H,3,8H2,1-2H3. The lowest BCUT2D eigenvalue weighted by atomic mass is 10.1. The van der Waals surface area contributed by atoms with Crippen molar-refractivity contribution in [1.29, 1.82) is 0 Å². The van der Waals surface area contributed by atoms with E-state index >= 15 is 0 Å². The van der Waals surface area contributed by atoms with Gasteiger partial charge in [0.25, 0.3) is 0 Å². The molecule has 0 fully saturated rings. The molecule has 0 aliphatic heterocycles. The molecule has 0 spiro atoms. The van der Waals surface area contributed by atoms with Crippen LogP contribution in [0.4, 0.5) is 13.2 Å². The number of nitrogens with zero attached hydrogens (tertiary/aromatic N) is 2. The van der Waals surface area contributed by atoms with Crippen LogP contribution in [0.1, 0.15) is 18.2 Å². The molecule has 2 aromatic rings. The van der Waals surface area contributed by atoms with Crippen LogP contribution in [-0.2, 0) is 29.7 Å². The summed E-state index contributed by atoms with van der Waals surface area (Å²) in [6, 6.07) is 2.54. The highest BCUT2D eigenvalue weighted by Gasteiger charge is 2.33. The smallest absolute Gasteiger partial charge is 0.390 e. The van der Waals surface area contributed by atoms with E-state index in [1.54, 1.807) is 7.05 Å². The fourth-order valence-corrected chi connectivity index (χ4v) is 3.25. The van der Waals surface area contributed by atoms with Gasteiger partial charge in [0, 0.05) is 12.6 Å². The minimum absolute atomic E-state index is 0.0713. The molecule has 2 rings (SSSR count). The van der Waals surface area contributed by atoms with E-state index in [9.17, 15) is 26.7 Å². The first-order valence-corrected chi connectivity index (χ1v) is 8.33. The molecule has 1 aromatic carbocycles. The van der Waals surface area contributed by atoms with Crippen molar-refractivity contribution < 1.29 is 26.7 Å². The Balaban J connectivity index is 2.75. The van der Waals surface area contributed by atoms with E-state index in [0.717, 1.165) is 12.1 Å². The molecule has 0 radical (unpaired) electrons. The summed E-state index contributed by atoms with van der Waals surface area (Å²) in [7, 11) is -2.34. The van der Waals surface area contributed by atoms with Gasteiger partial charge >= 0.3 is 6.18 Å². The fourth-order valence-electron chi connectivity index (χ4n) is 2.14. The van der Waals surface area contributed by atoms with Gasteiger partial charge in [-0.3, -0.25) is 0 Å². The van der Waals surface area contributed by atoms with Gasteiger partial charge in [-0.1, -0.05) is 6.92 Å². The lowest BCUT2D eigenvalue weighted by molar-refractivity contribution is -0.137. The second-order valence-corrected chi connectivity index (χ2v) is 7.15. The van der Waals surface area contributed by atoms with Crippen LogP contribution < -0.4 is 0 Å². The summed E-state index contributed by atoms with van der Waals surface area (Å²) < 4.78 is 64.5. The molecular formula is C14H15F3N2O3S. The zero-order chi connectivity index (χ0) is 17.4. The van der Waals surface area contributed by atoms with E-state index < -0.39 is 26.5 Å². The number of aliphatic hydroxyl groups is 1. The third-order valence-corrected chi connectivity index (χ3v) is 5.28. The highest BCUT2D eigenvalue weighted by molar-refractivity contribution is 7.91. The van der Waals surface area contributed by atoms with Crippen LogP contribution >= 0.6 is 0 Å². The molecule has 1 heterocycles. The van der Waals surface area contributed by atoms with Crippen molar-refractivity contribution in [1.82, 2.24) is 9.55 Å². The van der Waals surface area contributed by atoms with Gasteiger partial charge < -0.3 is 9.67 Å². The quantitative estimate of drug-likeness (QED) is 0.921. The summed E-state index contributed by atoms with van der Waals surface area (Å²) in [6.45, 7) is 1.04. The third-order valence-electron chi connectivity index (χ3n) is 3.51. The lowest BCUT2D eigenvalue weighted by Gasteiger charge is -2.14. The number of alkyl halides is 3. The summed E-state index contributed by atoms with van der Waals surface area (Å²) in [5.41, 5.74) is -0.549. The number of halogens is 3. The predicted molar refractivity (Wildman–Crippen MR) is 77.3 cm³/mol. The Hall–Kier alpha value is -1.87. The van der Waals surface area contributed by atoms with E-state index in [-0.39, 0.29) is 23.7 Å². The highest BCUT2D eigenvalue weighted by Crippen LogP contribution is 2.35. The monoisotopic (exact) mass is 348 g/mol. The van der Waals surface area contributed by atoms with E-state index in [0.29, 0.717) is 11.8 Å². The van der Waals surface area contributed by atoms with E-state index in [1.807, 2.05) is 0 Å². The molecular weight excluding hydrogens is 333 g/mol. The average Bonchev–Trinajstić information content (AvgIpc) is 2.86. The van der Waals surface area contributed by atoms with Crippen molar-refractivity contribution in [3.05, 3.63) is 35.7 Å². The summed E-state index contributed by atoms with van der Waals surface area (Å²) >= 11 is 0. The van der Waals surface area contributed by atoms with Crippen LogP contribution in [0.15, 0.2) is 29.3 Å². The molecule has 126 valence electrons. The van der Waals surface area contributed by atoms with Gasteiger partial charge in [-0.05, 0) is 18.2 Å². The largest absolute Gasteiger partial charge is 0.416 e. The summed E-state index contributed by atoms with van der Waals surface area (Å²) in [6.07, 6.45) is -3.30. The molecule has 9 heteroatoms. The molecule has 23 heavy (non-hydrogen) atoms. The second kappa shape index (κ2) is 5.97. The molecule has 5 nitrogen and oxygen atoms in total. The average molecular weight is 348 g/mol. The predicted octanol–water partition coefficient (Wildman–Crippen LogP) is 2.39. The summed E-state index contributed by atoms with van der Waals surface area (Å²) in [5.74, 6) is -0.159. The van der Waals surface area contributed by atoms with Crippen LogP contribution in [0.25, 0.3) is 11.4 Å². The highest BCUT2D eigenvalue weighted by atomic mass is 32.2. The van der Waals surface area contributed by atoms with Gasteiger partial charge in [0.2, 0.25) is 0 Å². The van der Waals surface area contributed by atoms with Crippen LogP contribution in [0.3, 0.4) is 0 Å². The van der Waals surface area contributed by atoms with Gasteiger partial charge in [0.1, 0.15) is 5.82 Å². The number of rotatable bonds is 4. The Morgan fingerprint density at radius 3 is 2.43 bits per heavy atom. The Morgan fingerprint density at radius 1 is 1.30 bits per heavy atom. The van der Waals surface area contributed by atoms with Crippen molar-refractivity contribution in [3.8, 4) is 11.4 Å². The minimum atomic E-state index is -4.64. The zero-order valence-electron chi connectivity index (χ0n) is 12.4. The maximum atomic E-state index is 12.9. The number of hydrogen-bond donors (Lipinski definition) is 1. The van der Waals surface area contributed by atoms with Crippen LogP contribution in [0.5, 0.6) is 0 Å². The van der Waals surface area contributed by atoms with Gasteiger partial charge in [-0.2, -0.15) is 13.2 Å². The van der Waals surface area contributed by atoms with Gasteiger partial charge in [-0.15, -0.1) is 0 Å². The number of imidazole rings is 1. The third kappa shape index (κ3) is 3.25. The summed E-state index contributed by atoms with van der Waals surface area (Å²) in [5, 5.41) is 9.18. The number of aromatic nitrogens is 2. The van der Waals surface area contributed by atoms with E-state index in [2.05, 4.69) is 4.98 Å². The topological polar surface area (TPSA) is 72.2 Å².